The highest BCUT2D eigenvalue weighted by Crippen LogP contribution is 2.55. The Balaban J connectivity index is 1.09. The van der Waals surface area contributed by atoms with Crippen molar-refractivity contribution in [1.29, 1.82) is 0 Å². The van der Waals surface area contributed by atoms with E-state index in [0.29, 0.717) is 0 Å². The summed E-state index contributed by atoms with van der Waals surface area (Å²) in [6, 6.07) is 63.9. The van der Waals surface area contributed by atoms with Crippen LogP contribution in [-0.4, -0.2) is 5.84 Å². The van der Waals surface area contributed by atoms with E-state index in [1.54, 1.807) is 0 Å². The molecule has 8 aromatic carbocycles. The second-order valence-electron chi connectivity index (χ2n) is 14.9. The molecule has 1 heterocycles. The normalized spacial score (nSPS) is 17.2. The lowest BCUT2D eigenvalue weighted by Crippen LogP contribution is -2.45. The molecule has 0 saturated heterocycles. The molecule has 0 amide bonds. The van der Waals surface area contributed by atoms with Crippen LogP contribution in [-0.2, 0) is 5.41 Å². The predicted molar refractivity (Wildman–Crippen MR) is 221 cm³/mol. The maximum absolute atomic E-state index is 5.27. The first-order valence-corrected chi connectivity index (χ1v) is 18.5. The lowest BCUT2D eigenvalue weighted by Gasteiger charge is -2.32. The van der Waals surface area contributed by atoms with Gasteiger partial charge in [0.1, 0.15) is 18.2 Å². The van der Waals surface area contributed by atoms with Crippen LogP contribution in [0.25, 0.3) is 54.9 Å². The van der Waals surface area contributed by atoms with Crippen LogP contribution in [0.3, 0.4) is 0 Å². The van der Waals surface area contributed by atoms with Gasteiger partial charge in [0.15, 0.2) is 0 Å². The van der Waals surface area contributed by atoms with Crippen molar-refractivity contribution < 1.29 is 0 Å². The van der Waals surface area contributed by atoms with Crippen LogP contribution in [0.2, 0.25) is 0 Å². The molecular weight excluding hydrogens is 643 g/mol. The molecule has 10 rings (SSSR count). The number of hydrogen-bond acceptors (Lipinski definition) is 3. The van der Waals surface area contributed by atoms with E-state index in [9.17, 15) is 0 Å². The van der Waals surface area contributed by atoms with Gasteiger partial charge in [0.05, 0.1) is 0 Å². The monoisotopic (exact) mass is 681 g/mol. The Morgan fingerprint density at radius 3 is 1.92 bits per heavy atom. The molecule has 0 fully saturated rings. The van der Waals surface area contributed by atoms with Crippen molar-refractivity contribution in [3.63, 3.8) is 0 Å². The average Bonchev–Trinajstić information content (AvgIpc) is 3.45. The van der Waals surface area contributed by atoms with Gasteiger partial charge in [-0.25, -0.2) is 4.99 Å². The van der Waals surface area contributed by atoms with Crippen LogP contribution < -0.4 is 10.6 Å². The van der Waals surface area contributed by atoms with E-state index in [0.717, 1.165) is 17.0 Å². The Morgan fingerprint density at radius 2 is 1.13 bits per heavy atom. The minimum atomic E-state index is -0.220. The number of fused-ring (bicyclic) bond motifs is 5. The molecule has 2 N–H and O–H groups in total. The summed E-state index contributed by atoms with van der Waals surface area (Å²) < 4.78 is 0. The maximum atomic E-state index is 5.27. The minimum Gasteiger partial charge on any atom is -0.350 e. The third kappa shape index (κ3) is 5.35. The van der Waals surface area contributed by atoms with Crippen LogP contribution >= 0.6 is 0 Å². The Hall–Kier alpha value is -6.29. The van der Waals surface area contributed by atoms with Crippen molar-refractivity contribution >= 4 is 27.4 Å². The first-order chi connectivity index (χ1) is 26.0. The molecule has 2 unspecified atom stereocenters. The number of amidine groups is 1. The molecule has 3 nitrogen and oxygen atoms in total. The summed E-state index contributed by atoms with van der Waals surface area (Å²) in [5.41, 5.74) is 13.5. The van der Waals surface area contributed by atoms with E-state index < -0.39 is 0 Å². The van der Waals surface area contributed by atoms with Crippen molar-refractivity contribution in [3.8, 4) is 33.4 Å². The van der Waals surface area contributed by atoms with Crippen molar-refractivity contribution in [1.82, 2.24) is 10.6 Å². The van der Waals surface area contributed by atoms with E-state index in [1.807, 2.05) is 0 Å². The first-order valence-electron chi connectivity index (χ1n) is 18.5. The number of hydrogen-bond donors (Lipinski definition) is 2. The fourth-order valence-electron chi connectivity index (χ4n) is 8.52. The number of benzene rings is 8. The van der Waals surface area contributed by atoms with Gasteiger partial charge in [-0.2, -0.15) is 0 Å². The zero-order valence-corrected chi connectivity index (χ0v) is 29.8. The van der Waals surface area contributed by atoms with Crippen molar-refractivity contribution in [3.05, 3.63) is 204 Å². The molecule has 1 aliphatic heterocycles. The Kier molecular flexibility index (Phi) is 7.38. The van der Waals surface area contributed by atoms with Gasteiger partial charge in [0.25, 0.3) is 0 Å². The van der Waals surface area contributed by atoms with E-state index in [1.165, 1.54) is 71.6 Å². The van der Waals surface area contributed by atoms with Crippen LogP contribution in [0.5, 0.6) is 0 Å². The van der Waals surface area contributed by atoms with Crippen LogP contribution in [0, 0.1) is 0 Å². The van der Waals surface area contributed by atoms with E-state index in [-0.39, 0.29) is 17.7 Å². The van der Waals surface area contributed by atoms with Crippen molar-refractivity contribution in [2.24, 2.45) is 4.99 Å². The second-order valence-corrected chi connectivity index (χ2v) is 14.9. The van der Waals surface area contributed by atoms with Gasteiger partial charge in [-0.1, -0.05) is 178 Å². The fraction of sp³-hybridized carbons (Fsp3) is 0.100. The van der Waals surface area contributed by atoms with Crippen molar-refractivity contribution in [2.45, 2.75) is 31.6 Å². The Labute approximate surface area is 310 Å². The smallest absolute Gasteiger partial charge is 0.131 e. The largest absolute Gasteiger partial charge is 0.350 e. The summed E-state index contributed by atoms with van der Waals surface area (Å²) in [6.07, 6.45) is -0.301. The average molecular weight is 682 g/mol. The second kappa shape index (κ2) is 12.4. The SMILES string of the molecule is CC1(C)c2cc(C3N=C(c4ccccc4)NC(c4ccccc4)N3)ccc2-c2c1cc1ccccc1c2-c1ccc(-c2ccc3ccccc3c2)cc1. The molecule has 2 aliphatic rings. The minimum absolute atomic E-state index is 0.0816. The van der Waals surface area contributed by atoms with Gasteiger partial charge < -0.3 is 5.32 Å². The summed E-state index contributed by atoms with van der Waals surface area (Å²) in [6.45, 7) is 4.76. The maximum Gasteiger partial charge on any atom is 0.131 e. The quantitative estimate of drug-likeness (QED) is 0.190. The zero-order chi connectivity index (χ0) is 35.5. The molecule has 0 aromatic heterocycles. The van der Waals surface area contributed by atoms with Gasteiger partial charge in [-0.05, 0) is 89.3 Å². The number of nitrogens with zero attached hydrogens (tertiary/aromatic N) is 1. The van der Waals surface area contributed by atoms with Gasteiger partial charge in [-0.3, -0.25) is 5.32 Å². The summed E-state index contributed by atoms with van der Waals surface area (Å²) in [4.78, 5) is 5.27. The zero-order valence-electron chi connectivity index (χ0n) is 29.8. The Morgan fingerprint density at radius 1 is 0.472 bits per heavy atom. The van der Waals surface area contributed by atoms with Crippen molar-refractivity contribution in [2.75, 3.05) is 0 Å². The highest BCUT2D eigenvalue weighted by molar-refractivity contribution is 6.08. The third-order valence-corrected chi connectivity index (χ3v) is 11.3. The molecule has 8 aromatic rings. The van der Waals surface area contributed by atoms with Gasteiger partial charge in [-0.15, -0.1) is 0 Å². The highest BCUT2D eigenvalue weighted by atomic mass is 15.3. The molecule has 3 heteroatoms. The molecule has 2 atom stereocenters. The van der Waals surface area contributed by atoms with E-state index in [2.05, 4.69) is 200 Å². The number of nitrogens with one attached hydrogen (secondary N) is 2. The van der Waals surface area contributed by atoms with Crippen LogP contribution in [0.1, 0.15) is 54.0 Å². The summed E-state index contributed by atoms with van der Waals surface area (Å²) >= 11 is 0. The Bertz CT molecular complexity index is 2690. The fourth-order valence-corrected chi connectivity index (χ4v) is 8.52. The summed E-state index contributed by atoms with van der Waals surface area (Å²) in [7, 11) is 0. The van der Waals surface area contributed by atoms with Crippen LogP contribution in [0.15, 0.2) is 181 Å². The molecule has 0 spiro atoms. The third-order valence-electron chi connectivity index (χ3n) is 11.3. The predicted octanol–water partition coefficient (Wildman–Crippen LogP) is 12.0. The standard InChI is InChI=1S/C50H39N3/c1-50(2)43-31-40(49-52-47(35-14-5-3-6-15-35)51-48(53-49)36-16-7-4-8-17-36)27-28-42(43)46-44(50)30-39-19-11-12-20-41(39)45(46)34-24-21-33(22-25-34)38-26-23-32-13-9-10-18-37(32)29-38/h3-31,47,49,52H,1-2H3,(H,51,53). The van der Waals surface area contributed by atoms with Crippen LogP contribution in [0.4, 0.5) is 0 Å². The highest BCUT2D eigenvalue weighted by Gasteiger charge is 2.39. The lowest BCUT2D eigenvalue weighted by atomic mass is 9.80. The number of rotatable bonds is 5. The van der Waals surface area contributed by atoms with Gasteiger partial charge in [0.2, 0.25) is 0 Å². The molecular formula is C50H39N3. The molecule has 0 saturated carbocycles. The molecule has 53 heavy (non-hydrogen) atoms. The lowest BCUT2D eigenvalue weighted by molar-refractivity contribution is 0.408. The van der Waals surface area contributed by atoms with E-state index in [4.69, 9.17) is 4.99 Å². The topological polar surface area (TPSA) is 36.4 Å². The summed E-state index contributed by atoms with van der Waals surface area (Å²) in [5, 5.41) is 12.6. The first kappa shape index (κ1) is 31.4. The molecule has 254 valence electrons. The van der Waals surface area contributed by atoms with E-state index >= 15 is 0 Å². The molecule has 0 bridgehead atoms. The van der Waals surface area contributed by atoms with Gasteiger partial charge in [0, 0.05) is 11.0 Å². The molecule has 0 radical (unpaired) electrons. The number of aliphatic imine (C=N–C) groups is 1. The molecule has 1 aliphatic carbocycles. The van der Waals surface area contributed by atoms with Gasteiger partial charge >= 0.3 is 0 Å². The summed E-state index contributed by atoms with van der Waals surface area (Å²) in [5.74, 6) is 0.895.